The van der Waals surface area contributed by atoms with Crippen LogP contribution in [0, 0.1) is 5.92 Å². The van der Waals surface area contributed by atoms with Gasteiger partial charge in [-0.05, 0) is 18.9 Å². The quantitative estimate of drug-likeness (QED) is 0.858. The molecule has 2 fully saturated rings. The number of amides is 1. The van der Waals surface area contributed by atoms with E-state index in [1.807, 2.05) is 35.4 Å². The molecule has 4 rings (SSSR count). The molecule has 1 aromatic carbocycles. The molecule has 2 aromatic rings. The van der Waals surface area contributed by atoms with E-state index in [0.29, 0.717) is 32.9 Å². The van der Waals surface area contributed by atoms with Crippen molar-refractivity contribution in [2.45, 2.75) is 44.4 Å². The summed E-state index contributed by atoms with van der Waals surface area (Å²) in [5, 5.41) is 11.5. The fourth-order valence-corrected chi connectivity index (χ4v) is 4.76. The van der Waals surface area contributed by atoms with Crippen LogP contribution in [0.25, 0.3) is 10.9 Å². The van der Waals surface area contributed by atoms with Gasteiger partial charge in [-0.15, -0.1) is 0 Å². The number of nitrogens with zero attached hydrogens (tertiary/aromatic N) is 2. The Morgan fingerprint density at radius 1 is 1.29 bits per heavy atom. The van der Waals surface area contributed by atoms with Crippen LogP contribution in [0.1, 0.15) is 36.0 Å². The summed E-state index contributed by atoms with van der Waals surface area (Å²) in [4.78, 5) is 15.6. The zero-order chi connectivity index (χ0) is 19.5. The number of aliphatic hydroxyl groups is 1. The molecule has 1 N–H and O–H groups in total. The summed E-state index contributed by atoms with van der Waals surface area (Å²) in [7, 11) is 1.69. The first-order valence-electron chi connectivity index (χ1n) is 10.3. The van der Waals surface area contributed by atoms with Gasteiger partial charge in [-0.2, -0.15) is 0 Å². The first-order chi connectivity index (χ1) is 13.7. The largest absolute Gasteiger partial charge is 0.393 e. The van der Waals surface area contributed by atoms with E-state index in [2.05, 4.69) is 4.57 Å². The third-order valence-corrected chi connectivity index (χ3v) is 6.26. The van der Waals surface area contributed by atoms with E-state index in [1.54, 1.807) is 7.11 Å². The molecule has 1 aromatic heterocycles. The summed E-state index contributed by atoms with van der Waals surface area (Å²) >= 11 is 0. The van der Waals surface area contributed by atoms with Crippen LogP contribution in [0.4, 0.5) is 0 Å². The number of hydrogen-bond acceptors (Lipinski definition) is 4. The minimum Gasteiger partial charge on any atom is -0.393 e. The number of rotatable bonds is 5. The van der Waals surface area contributed by atoms with Crippen molar-refractivity contribution in [3.63, 3.8) is 0 Å². The molecule has 0 bridgehead atoms. The smallest absolute Gasteiger partial charge is 0.256 e. The summed E-state index contributed by atoms with van der Waals surface area (Å²) in [6, 6.07) is 7.97. The summed E-state index contributed by atoms with van der Waals surface area (Å²) in [6.07, 6.45) is 5.55. The molecule has 1 saturated carbocycles. The number of para-hydroxylation sites is 1. The molecule has 1 saturated heterocycles. The van der Waals surface area contributed by atoms with E-state index in [4.69, 9.17) is 9.47 Å². The third-order valence-electron chi connectivity index (χ3n) is 6.26. The molecule has 2 aliphatic rings. The van der Waals surface area contributed by atoms with Crippen LogP contribution in [0.15, 0.2) is 30.5 Å². The van der Waals surface area contributed by atoms with Crippen molar-refractivity contribution < 1.29 is 19.4 Å². The van der Waals surface area contributed by atoms with Gasteiger partial charge in [0.25, 0.3) is 5.91 Å². The lowest BCUT2D eigenvalue weighted by Crippen LogP contribution is -2.55. The van der Waals surface area contributed by atoms with Crippen LogP contribution in [-0.4, -0.2) is 66.1 Å². The Bertz CT molecular complexity index is 818. The Morgan fingerprint density at radius 3 is 2.93 bits per heavy atom. The van der Waals surface area contributed by atoms with Gasteiger partial charge in [0, 0.05) is 43.2 Å². The van der Waals surface area contributed by atoms with Gasteiger partial charge in [0.1, 0.15) is 0 Å². The number of hydrogen-bond donors (Lipinski definition) is 1. The number of ether oxygens (including phenoxy) is 2. The van der Waals surface area contributed by atoms with Crippen LogP contribution in [0.3, 0.4) is 0 Å². The van der Waals surface area contributed by atoms with Crippen molar-refractivity contribution in [3.8, 4) is 0 Å². The summed E-state index contributed by atoms with van der Waals surface area (Å²) in [5.41, 5.74) is 1.77. The van der Waals surface area contributed by atoms with Crippen molar-refractivity contribution in [2.24, 2.45) is 5.92 Å². The Morgan fingerprint density at radius 2 is 2.11 bits per heavy atom. The third kappa shape index (κ3) is 3.69. The van der Waals surface area contributed by atoms with Gasteiger partial charge in [0.2, 0.25) is 0 Å². The van der Waals surface area contributed by atoms with Crippen LogP contribution >= 0.6 is 0 Å². The number of morpholine rings is 1. The minimum absolute atomic E-state index is 0.0402. The van der Waals surface area contributed by atoms with Gasteiger partial charge in [-0.3, -0.25) is 4.79 Å². The van der Waals surface area contributed by atoms with Gasteiger partial charge < -0.3 is 24.0 Å². The molecule has 1 amide bonds. The normalized spacial score (nSPS) is 25.9. The number of carbonyl (C=O) groups is 1. The molecular formula is C22H30N2O4. The molecule has 1 aliphatic carbocycles. The molecule has 6 heteroatoms. The Kier molecular flexibility index (Phi) is 5.99. The molecule has 0 unspecified atom stereocenters. The van der Waals surface area contributed by atoms with Gasteiger partial charge >= 0.3 is 0 Å². The lowest BCUT2D eigenvalue weighted by molar-refractivity contribution is -0.0562. The van der Waals surface area contributed by atoms with Crippen LogP contribution < -0.4 is 0 Å². The SMILES string of the molecule is COCCn1cc(C(=O)N2CCOC[C@@H]2[C@H]2CCCC[C@@H]2O)c2ccccc21. The van der Waals surface area contributed by atoms with E-state index >= 15 is 0 Å². The van der Waals surface area contributed by atoms with Crippen LogP contribution in [-0.2, 0) is 16.0 Å². The Labute approximate surface area is 166 Å². The van der Waals surface area contributed by atoms with Crippen molar-refractivity contribution in [2.75, 3.05) is 33.5 Å². The molecule has 0 radical (unpaired) electrons. The average Bonchev–Trinajstić information content (AvgIpc) is 3.11. The van der Waals surface area contributed by atoms with E-state index in [9.17, 15) is 9.90 Å². The highest BCUT2D eigenvalue weighted by molar-refractivity contribution is 6.07. The second-order valence-electron chi connectivity index (χ2n) is 7.90. The van der Waals surface area contributed by atoms with Crippen molar-refractivity contribution >= 4 is 16.8 Å². The molecular weight excluding hydrogens is 356 g/mol. The van der Waals surface area contributed by atoms with Gasteiger partial charge in [0.15, 0.2) is 0 Å². The highest BCUT2D eigenvalue weighted by Gasteiger charge is 2.39. The number of aromatic nitrogens is 1. The first-order valence-corrected chi connectivity index (χ1v) is 10.3. The standard InChI is InChI=1S/C22H30N2O4/c1-27-12-10-23-14-18(16-6-2-4-8-19(16)23)22(26)24-11-13-28-15-20(24)17-7-3-5-9-21(17)25/h2,4,6,8,14,17,20-21,25H,3,5,7,9-13,15H2,1H3/t17-,20-,21+/m1/s1. The minimum atomic E-state index is -0.348. The summed E-state index contributed by atoms with van der Waals surface area (Å²) in [5.74, 6) is 0.137. The molecule has 1 aliphatic heterocycles. The number of aliphatic hydroxyl groups excluding tert-OH is 1. The van der Waals surface area contributed by atoms with Crippen LogP contribution in [0.5, 0.6) is 0 Å². The maximum Gasteiger partial charge on any atom is 0.256 e. The van der Waals surface area contributed by atoms with E-state index < -0.39 is 0 Å². The van der Waals surface area contributed by atoms with E-state index in [1.165, 1.54) is 0 Å². The van der Waals surface area contributed by atoms with Gasteiger partial charge in [0.05, 0.1) is 37.5 Å². The topological polar surface area (TPSA) is 63.9 Å². The fraction of sp³-hybridized carbons (Fsp3) is 0.591. The zero-order valence-electron chi connectivity index (χ0n) is 16.5. The highest BCUT2D eigenvalue weighted by atomic mass is 16.5. The molecule has 6 nitrogen and oxygen atoms in total. The van der Waals surface area contributed by atoms with Crippen molar-refractivity contribution in [3.05, 3.63) is 36.0 Å². The average molecular weight is 386 g/mol. The summed E-state index contributed by atoms with van der Waals surface area (Å²) in [6.45, 7) is 2.94. The van der Waals surface area contributed by atoms with Gasteiger partial charge in [-0.25, -0.2) is 0 Å². The molecule has 2 heterocycles. The number of methoxy groups -OCH3 is 1. The lowest BCUT2D eigenvalue weighted by atomic mass is 9.80. The summed E-state index contributed by atoms with van der Waals surface area (Å²) < 4.78 is 13.0. The predicted octanol–water partition coefficient (Wildman–Crippen LogP) is 2.68. The maximum atomic E-state index is 13.6. The van der Waals surface area contributed by atoms with E-state index in [-0.39, 0.29) is 24.0 Å². The fourth-order valence-electron chi connectivity index (χ4n) is 4.76. The zero-order valence-corrected chi connectivity index (χ0v) is 16.5. The number of fused-ring (bicyclic) bond motifs is 1. The monoisotopic (exact) mass is 386 g/mol. The second kappa shape index (κ2) is 8.64. The maximum absolute atomic E-state index is 13.6. The Balaban J connectivity index is 1.65. The van der Waals surface area contributed by atoms with Crippen molar-refractivity contribution in [1.29, 1.82) is 0 Å². The second-order valence-corrected chi connectivity index (χ2v) is 7.90. The van der Waals surface area contributed by atoms with E-state index in [0.717, 1.165) is 42.1 Å². The highest BCUT2D eigenvalue weighted by Crippen LogP contribution is 2.32. The number of carbonyl (C=O) groups excluding carboxylic acids is 1. The first kappa shape index (κ1) is 19.4. The van der Waals surface area contributed by atoms with Crippen molar-refractivity contribution in [1.82, 2.24) is 9.47 Å². The molecule has 28 heavy (non-hydrogen) atoms. The molecule has 152 valence electrons. The predicted molar refractivity (Wildman–Crippen MR) is 107 cm³/mol. The molecule has 3 atom stereocenters. The van der Waals surface area contributed by atoms with Gasteiger partial charge in [-0.1, -0.05) is 31.0 Å². The lowest BCUT2D eigenvalue weighted by Gasteiger charge is -2.43. The molecule has 0 spiro atoms. The Hall–Kier alpha value is -1.89. The van der Waals surface area contributed by atoms with Crippen LogP contribution in [0.2, 0.25) is 0 Å². The number of benzene rings is 1.